The van der Waals surface area contributed by atoms with Gasteiger partial charge in [-0.3, -0.25) is 0 Å². The molecule has 2 atom stereocenters. The highest BCUT2D eigenvalue weighted by atomic mass is 79.9. The van der Waals surface area contributed by atoms with E-state index in [-0.39, 0.29) is 27.8 Å². The summed E-state index contributed by atoms with van der Waals surface area (Å²) in [7, 11) is 1.37. The topological polar surface area (TPSA) is 52.0 Å². The smallest absolute Gasteiger partial charge is 0.407 e. The molecule has 2 aliphatic carbocycles. The first kappa shape index (κ1) is 25.4. The number of aromatic nitrogens is 1. The second-order valence-corrected chi connectivity index (χ2v) is 10.5. The van der Waals surface area contributed by atoms with Crippen LogP contribution in [0.4, 0.5) is 32.0 Å². The molecule has 4 rings (SSSR count). The predicted molar refractivity (Wildman–Crippen MR) is 129 cm³/mol. The third-order valence-corrected chi connectivity index (χ3v) is 6.84. The average Bonchev–Trinajstić information content (AvgIpc) is 3.05. The van der Waals surface area contributed by atoms with Crippen molar-refractivity contribution in [3.05, 3.63) is 70.8 Å². The van der Waals surface area contributed by atoms with E-state index in [1.54, 1.807) is 18.2 Å². The van der Waals surface area contributed by atoms with Gasteiger partial charge in [-0.15, -0.1) is 0 Å². The Morgan fingerprint density at radius 1 is 1.14 bits per heavy atom. The van der Waals surface area contributed by atoms with E-state index in [4.69, 9.17) is 10.2 Å². The quantitative estimate of drug-likeness (QED) is 0.271. The molecule has 35 heavy (non-hydrogen) atoms. The van der Waals surface area contributed by atoms with Crippen LogP contribution in [0.5, 0.6) is 0 Å². The summed E-state index contributed by atoms with van der Waals surface area (Å²) in [5.74, 6) is -1.91. The number of hydrogen-bond acceptors (Lipinski definition) is 3. The second-order valence-electron chi connectivity index (χ2n) is 8.82. The summed E-state index contributed by atoms with van der Waals surface area (Å²) in [6, 6.07) is 2.72. The molecule has 2 N–H and O–H groups in total. The fourth-order valence-electron chi connectivity index (χ4n) is 4.41. The Morgan fingerprint density at radius 2 is 1.83 bits per heavy atom. The summed E-state index contributed by atoms with van der Waals surface area (Å²) >= 11 is 3.51. The SMILES string of the molecule is Bc1cc(C(C2C=c3oc(C4=CC=CC(C)(Br)C=C4)nc3=CC2)(C(F)(F)F)C(F)(F)F)ccc1N. The average molecular weight is 557 g/mol. The molecule has 1 aromatic heterocycles. The van der Waals surface area contributed by atoms with Crippen LogP contribution in [0.1, 0.15) is 24.8 Å². The van der Waals surface area contributed by atoms with Gasteiger partial charge in [0.1, 0.15) is 13.2 Å². The van der Waals surface area contributed by atoms with Gasteiger partial charge in [0.15, 0.2) is 10.8 Å². The number of alkyl halides is 7. The molecule has 0 spiro atoms. The highest BCUT2D eigenvalue weighted by molar-refractivity contribution is 9.10. The lowest BCUT2D eigenvalue weighted by atomic mass is 9.66. The van der Waals surface area contributed by atoms with E-state index < -0.39 is 40.0 Å². The monoisotopic (exact) mass is 556 g/mol. The van der Waals surface area contributed by atoms with Crippen LogP contribution in [-0.2, 0) is 5.41 Å². The van der Waals surface area contributed by atoms with Crippen LogP contribution in [-0.4, -0.2) is 29.5 Å². The Kier molecular flexibility index (Phi) is 6.14. The molecule has 0 amide bonds. The third-order valence-electron chi connectivity index (χ3n) is 6.31. The maximum atomic E-state index is 14.5. The summed E-state index contributed by atoms with van der Waals surface area (Å²) < 4.78 is 92.3. The summed E-state index contributed by atoms with van der Waals surface area (Å²) in [6.45, 7) is 1.90. The maximum Gasteiger partial charge on any atom is 0.407 e. The second kappa shape index (κ2) is 8.46. The van der Waals surface area contributed by atoms with Crippen molar-refractivity contribution in [2.75, 3.05) is 5.73 Å². The van der Waals surface area contributed by atoms with Crippen LogP contribution in [0, 0.1) is 5.92 Å². The number of nitrogen functional groups attached to an aromatic ring is 1. The molecular formula is C24H20BBrF6N2O. The van der Waals surface area contributed by atoms with Gasteiger partial charge < -0.3 is 10.2 Å². The van der Waals surface area contributed by atoms with Gasteiger partial charge in [0.05, 0.1) is 4.32 Å². The van der Waals surface area contributed by atoms with E-state index in [2.05, 4.69) is 20.9 Å². The highest BCUT2D eigenvalue weighted by Gasteiger charge is 2.74. The lowest BCUT2D eigenvalue weighted by Crippen LogP contribution is -2.59. The molecule has 2 unspecified atom stereocenters. The van der Waals surface area contributed by atoms with Gasteiger partial charge in [0.25, 0.3) is 0 Å². The van der Waals surface area contributed by atoms with Gasteiger partial charge in [0, 0.05) is 17.2 Å². The van der Waals surface area contributed by atoms with Gasteiger partial charge in [-0.25, -0.2) is 4.98 Å². The number of anilines is 1. The van der Waals surface area contributed by atoms with Crippen molar-refractivity contribution in [3.63, 3.8) is 0 Å². The summed E-state index contributed by atoms with van der Waals surface area (Å²) in [5.41, 5.74) is 1.22. The number of halogens is 7. The number of nitrogens with zero attached hydrogens (tertiary/aromatic N) is 1. The van der Waals surface area contributed by atoms with Crippen LogP contribution in [0.2, 0.25) is 0 Å². The maximum absolute atomic E-state index is 14.5. The number of nitrogens with two attached hydrogens (primary N) is 1. The molecule has 3 nitrogen and oxygen atoms in total. The lowest BCUT2D eigenvalue weighted by molar-refractivity contribution is -0.313. The molecular weight excluding hydrogens is 537 g/mol. The molecule has 0 saturated carbocycles. The zero-order chi connectivity index (χ0) is 25.8. The van der Waals surface area contributed by atoms with Crippen molar-refractivity contribution in [3.8, 4) is 0 Å². The van der Waals surface area contributed by atoms with Gasteiger partial charge in [-0.1, -0.05) is 63.9 Å². The first-order valence-corrected chi connectivity index (χ1v) is 11.4. The molecule has 0 bridgehead atoms. The molecule has 0 aliphatic heterocycles. The minimum absolute atomic E-state index is 0.0993. The molecule has 0 radical (unpaired) electrons. The highest BCUT2D eigenvalue weighted by Crippen LogP contribution is 2.58. The van der Waals surface area contributed by atoms with Crippen LogP contribution >= 0.6 is 15.9 Å². The van der Waals surface area contributed by atoms with Crippen LogP contribution in [0.25, 0.3) is 17.7 Å². The normalized spacial score (nSPS) is 22.6. The Hall–Kier alpha value is -2.69. The van der Waals surface area contributed by atoms with E-state index in [0.29, 0.717) is 5.57 Å². The van der Waals surface area contributed by atoms with E-state index >= 15 is 0 Å². The number of fused-ring (bicyclic) bond motifs is 1. The fourth-order valence-corrected chi connectivity index (χ4v) is 4.70. The Labute approximate surface area is 206 Å². The number of benzene rings is 1. The number of oxazole rings is 1. The zero-order valence-electron chi connectivity index (χ0n) is 18.6. The summed E-state index contributed by atoms with van der Waals surface area (Å²) in [5, 5.41) is 0.201. The van der Waals surface area contributed by atoms with Crippen molar-refractivity contribution in [1.82, 2.24) is 4.98 Å². The van der Waals surface area contributed by atoms with Gasteiger partial charge in [-0.05, 0) is 37.1 Å². The van der Waals surface area contributed by atoms with Gasteiger partial charge >= 0.3 is 12.4 Å². The third kappa shape index (κ3) is 4.39. The molecule has 1 aromatic carbocycles. The summed E-state index contributed by atoms with van der Waals surface area (Å²) in [6.07, 6.45) is -0.824. The van der Waals surface area contributed by atoms with Crippen molar-refractivity contribution in [2.24, 2.45) is 5.92 Å². The van der Waals surface area contributed by atoms with Crippen molar-refractivity contribution < 1.29 is 30.8 Å². The van der Waals surface area contributed by atoms with Gasteiger partial charge in [-0.2, -0.15) is 26.3 Å². The molecule has 0 saturated heterocycles. The number of allylic oxidation sites excluding steroid dienone is 6. The molecule has 2 aliphatic rings. The first-order valence-electron chi connectivity index (χ1n) is 10.6. The van der Waals surface area contributed by atoms with Crippen LogP contribution in [0.3, 0.4) is 0 Å². The zero-order valence-corrected chi connectivity index (χ0v) is 20.2. The standard InChI is InChI=1S/C24H20BBrF6N2O/c1-21(26)9-2-3-13(8-10-21)20-34-18-7-5-15(12-19(18)35-20)22(23(27,28)29,24(30,31)32)14-4-6-17(33)16(25)11-14/h2-4,6-12,15H,5,25,33H2,1H3. The Bertz CT molecular complexity index is 1350. The first-order chi connectivity index (χ1) is 16.2. The number of hydrogen-bond donors (Lipinski definition) is 1. The molecule has 0 fully saturated rings. The van der Waals surface area contributed by atoms with Crippen LogP contribution in [0.15, 0.2) is 53.0 Å². The van der Waals surface area contributed by atoms with E-state index in [1.807, 2.05) is 19.1 Å². The molecule has 11 heteroatoms. The minimum Gasteiger partial charge on any atom is -0.436 e. The van der Waals surface area contributed by atoms with E-state index in [0.717, 1.165) is 24.3 Å². The molecule has 2 aromatic rings. The lowest BCUT2D eigenvalue weighted by Gasteiger charge is -2.42. The van der Waals surface area contributed by atoms with Gasteiger partial charge in [0.2, 0.25) is 5.89 Å². The van der Waals surface area contributed by atoms with Crippen molar-refractivity contribution in [1.29, 1.82) is 0 Å². The van der Waals surface area contributed by atoms with E-state index in [1.165, 1.54) is 13.9 Å². The number of rotatable bonds is 3. The molecule has 184 valence electrons. The fraction of sp³-hybridized carbons (Fsp3) is 0.292. The largest absolute Gasteiger partial charge is 0.436 e. The predicted octanol–water partition coefficient (Wildman–Crippen LogP) is 3.82. The van der Waals surface area contributed by atoms with Crippen LogP contribution < -0.4 is 22.0 Å². The Balaban J connectivity index is 1.88. The minimum atomic E-state index is -5.65. The van der Waals surface area contributed by atoms with Crippen molar-refractivity contribution >= 4 is 52.7 Å². The summed E-state index contributed by atoms with van der Waals surface area (Å²) in [4.78, 5) is 4.30. The van der Waals surface area contributed by atoms with Crippen molar-refractivity contribution in [2.45, 2.75) is 35.4 Å². The Morgan fingerprint density at radius 3 is 2.46 bits per heavy atom. The molecule has 1 heterocycles. The van der Waals surface area contributed by atoms with E-state index in [9.17, 15) is 26.3 Å².